The molecule has 1 saturated heterocycles. The van der Waals surface area contributed by atoms with Crippen LogP contribution in [0.5, 0.6) is 11.5 Å². The SMILES string of the molecule is N#Cc1cc2cc3c(cc2nc1SCC(=O)NCC1CCCO1)OCCO3. The van der Waals surface area contributed by atoms with E-state index in [9.17, 15) is 10.1 Å². The molecular weight excluding hydrogens is 366 g/mol. The van der Waals surface area contributed by atoms with Crippen LogP contribution >= 0.6 is 11.8 Å². The Kier molecular flexibility index (Phi) is 5.32. The van der Waals surface area contributed by atoms with Gasteiger partial charge in [0.2, 0.25) is 5.91 Å². The van der Waals surface area contributed by atoms with E-state index in [-0.39, 0.29) is 17.8 Å². The molecule has 2 aromatic rings. The van der Waals surface area contributed by atoms with Crippen LogP contribution in [0, 0.1) is 11.3 Å². The minimum absolute atomic E-state index is 0.0940. The summed E-state index contributed by atoms with van der Waals surface area (Å²) >= 11 is 1.26. The van der Waals surface area contributed by atoms with Gasteiger partial charge >= 0.3 is 0 Å². The van der Waals surface area contributed by atoms with E-state index in [1.165, 1.54) is 11.8 Å². The van der Waals surface area contributed by atoms with Crippen LogP contribution in [-0.4, -0.2) is 49.1 Å². The average molecular weight is 385 g/mol. The van der Waals surface area contributed by atoms with Crippen molar-refractivity contribution in [2.75, 3.05) is 32.1 Å². The number of hydrogen-bond donors (Lipinski definition) is 1. The molecule has 1 fully saturated rings. The van der Waals surface area contributed by atoms with Gasteiger partial charge in [-0.2, -0.15) is 5.26 Å². The molecule has 0 bridgehead atoms. The second-order valence-corrected chi connectivity index (χ2v) is 7.33. The second-order valence-electron chi connectivity index (χ2n) is 6.37. The van der Waals surface area contributed by atoms with E-state index in [0.717, 1.165) is 24.8 Å². The van der Waals surface area contributed by atoms with E-state index in [0.29, 0.717) is 47.4 Å². The molecule has 1 N–H and O–H groups in total. The predicted molar refractivity (Wildman–Crippen MR) is 100 cm³/mol. The number of pyridine rings is 1. The average Bonchev–Trinajstić information content (AvgIpc) is 3.22. The number of nitriles is 1. The van der Waals surface area contributed by atoms with Crippen molar-refractivity contribution in [1.82, 2.24) is 10.3 Å². The number of carbonyl (C=O) groups is 1. The fourth-order valence-electron chi connectivity index (χ4n) is 3.10. The first-order valence-corrected chi connectivity index (χ1v) is 9.87. The maximum absolute atomic E-state index is 12.1. The first-order chi connectivity index (χ1) is 13.2. The third-order valence-electron chi connectivity index (χ3n) is 4.46. The van der Waals surface area contributed by atoms with Crippen LogP contribution in [0.15, 0.2) is 23.2 Å². The Balaban J connectivity index is 1.47. The maximum Gasteiger partial charge on any atom is 0.230 e. The van der Waals surface area contributed by atoms with Crippen LogP contribution in [0.1, 0.15) is 18.4 Å². The number of carbonyl (C=O) groups excluding carboxylic acids is 1. The quantitative estimate of drug-likeness (QED) is 0.789. The molecule has 2 aliphatic rings. The summed E-state index contributed by atoms with van der Waals surface area (Å²) in [4.78, 5) is 16.7. The van der Waals surface area contributed by atoms with Crippen LogP contribution in [-0.2, 0) is 9.53 Å². The normalized spacial score (nSPS) is 18.3. The lowest BCUT2D eigenvalue weighted by Crippen LogP contribution is -2.32. The number of hydrogen-bond acceptors (Lipinski definition) is 7. The summed E-state index contributed by atoms with van der Waals surface area (Å²) < 4.78 is 16.7. The minimum Gasteiger partial charge on any atom is -0.486 e. The molecule has 8 heteroatoms. The summed E-state index contributed by atoms with van der Waals surface area (Å²) in [5.41, 5.74) is 1.15. The van der Waals surface area contributed by atoms with Gasteiger partial charge in [-0.05, 0) is 25.0 Å². The molecule has 0 saturated carbocycles. The van der Waals surface area contributed by atoms with Gasteiger partial charge in [0, 0.05) is 24.6 Å². The van der Waals surface area contributed by atoms with Crippen LogP contribution in [0.3, 0.4) is 0 Å². The van der Waals surface area contributed by atoms with Gasteiger partial charge in [-0.15, -0.1) is 0 Å². The number of nitrogens with one attached hydrogen (secondary N) is 1. The Labute approximate surface area is 161 Å². The molecule has 0 aliphatic carbocycles. The molecule has 2 aliphatic heterocycles. The van der Waals surface area contributed by atoms with Gasteiger partial charge in [0.05, 0.1) is 22.9 Å². The van der Waals surface area contributed by atoms with E-state index < -0.39 is 0 Å². The number of rotatable bonds is 5. The molecule has 7 nitrogen and oxygen atoms in total. The van der Waals surface area contributed by atoms with E-state index in [1.54, 1.807) is 6.07 Å². The van der Waals surface area contributed by atoms with Gasteiger partial charge in [0.15, 0.2) is 11.5 Å². The zero-order chi connectivity index (χ0) is 18.6. The van der Waals surface area contributed by atoms with Crippen molar-refractivity contribution >= 4 is 28.6 Å². The lowest BCUT2D eigenvalue weighted by molar-refractivity contribution is -0.119. The summed E-state index contributed by atoms with van der Waals surface area (Å²) in [6.07, 6.45) is 2.13. The van der Waals surface area contributed by atoms with Gasteiger partial charge in [0.25, 0.3) is 0 Å². The number of thioether (sulfide) groups is 1. The highest BCUT2D eigenvalue weighted by atomic mass is 32.2. The fraction of sp³-hybridized carbons (Fsp3) is 0.421. The lowest BCUT2D eigenvalue weighted by Gasteiger charge is -2.19. The topological polar surface area (TPSA) is 93.5 Å². The molecule has 3 heterocycles. The van der Waals surface area contributed by atoms with Crippen molar-refractivity contribution in [3.05, 3.63) is 23.8 Å². The Morgan fingerprint density at radius 3 is 2.81 bits per heavy atom. The highest BCUT2D eigenvalue weighted by molar-refractivity contribution is 8.00. The molecule has 140 valence electrons. The maximum atomic E-state index is 12.1. The Morgan fingerprint density at radius 2 is 2.07 bits per heavy atom. The molecule has 0 radical (unpaired) electrons. The summed E-state index contributed by atoms with van der Waals surface area (Å²) in [6.45, 7) is 2.30. The first kappa shape index (κ1) is 17.9. The molecule has 1 aromatic carbocycles. The highest BCUT2D eigenvalue weighted by Gasteiger charge is 2.18. The monoisotopic (exact) mass is 385 g/mol. The molecule has 1 atom stereocenters. The minimum atomic E-state index is -0.0940. The van der Waals surface area contributed by atoms with E-state index in [1.807, 2.05) is 12.1 Å². The number of amides is 1. The van der Waals surface area contributed by atoms with Gasteiger partial charge in [-0.3, -0.25) is 4.79 Å². The fourth-order valence-corrected chi connectivity index (χ4v) is 3.89. The number of aromatic nitrogens is 1. The Morgan fingerprint density at radius 1 is 1.26 bits per heavy atom. The van der Waals surface area contributed by atoms with Crippen molar-refractivity contribution in [1.29, 1.82) is 5.26 Å². The lowest BCUT2D eigenvalue weighted by atomic mass is 10.1. The number of nitrogens with zero attached hydrogens (tertiary/aromatic N) is 2. The van der Waals surface area contributed by atoms with Gasteiger partial charge in [0.1, 0.15) is 24.3 Å². The third-order valence-corrected chi connectivity index (χ3v) is 5.45. The number of ether oxygens (including phenoxy) is 3. The van der Waals surface area contributed by atoms with Crippen LogP contribution in [0.2, 0.25) is 0 Å². The summed E-state index contributed by atoms with van der Waals surface area (Å²) in [7, 11) is 0. The molecule has 1 unspecified atom stereocenters. The van der Waals surface area contributed by atoms with Gasteiger partial charge in [-0.25, -0.2) is 4.98 Å². The van der Waals surface area contributed by atoms with Crippen molar-refractivity contribution in [3.8, 4) is 17.6 Å². The smallest absolute Gasteiger partial charge is 0.230 e. The van der Waals surface area contributed by atoms with E-state index >= 15 is 0 Å². The molecule has 4 rings (SSSR count). The molecule has 0 spiro atoms. The van der Waals surface area contributed by atoms with Crippen molar-refractivity contribution < 1.29 is 19.0 Å². The summed E-state index contributed by atoms with van der Waals surface area (Å²) in [5.74, 6) is 1.41. The second kappa shape index (κ2) is 8.03. The molecule has 1 aromatic heterocycles. The largest absolute Gasteiger partial charge is 0.486 e. The van der Waals surface area contributed by atoms with Gasteiger partial charge < -0.3 is 19.5 Å². The Bertz CT molecular complexity index is 906. The van der Waals surface area contributed by atoms with Crippen LogP contribution in [0.4, 0.5) is 0 Å². The molecule has 1 amide bonds. The van der Waals surface area contributed by atoms with Gasteiger partial charge in [-0.1, -0.05) is 11.8 Å². The number of fused-ring (bicyclic) bond motifs is 2. The molecular formula is C19H19N3O4S. The summed E-state index contributed by atoms with van der Waals surface area (Å²) in [6, 6.07) is 7.58. The predicted octanol–water partition coefficient (Wildman–Crippen LogP) is 2.26. The first-order valence-electron chi connectivity index (χ1n) is 8.88. The summed E-state index contributed by atoms with van der Waals surface area (Å²) in [5, 5.41) is 13.7. The van der Waals surface area contributed by atoms with Crippen LogP contribution in [0.25, 0.3) is 10.9 Å². The zero-order valence-corrected chi connectivity index (χ0v) is 15.5. The van der Waals surface area contributed by atoms with Crippen molar-refractivity contribution in [2.45, 2.75) is 24.0 Å². The molecule has 27 heavy (non-hydrogen) atoms. The third kappa shape index (κ3) is 4.10. The van der Waals surface area contributed by atoms with Crippen molar-refractivity contribution in [3.63, 3.8) is 0 Å². The van der Waals surface area contributed by atoms with Crippen LogP contribution < -0.4 is 14.8 Å². The standard InChI is InChI=1S/C19H19N3O4S/c20-9-13-6-12-7-16-17(26-5-4-25-16)8-15(12)22-19(13)27-11-18(23)21-10-14-2-1-3-24-14/h6-8,14H,1-5,10-11H2,(H,21,23). The zero-order valence-electron chi connectivity index (χ0n) is 14.7. The highest BCUT2D eigenvalue weighted by Crippen LogP contribution is 2.35. The van der Waals surface area contributed by atoms with E-state index in [2.05, 4.69) is 16.4 Å². The van der Waals surface area contributed by atoms with Crippen molar-refractivity contribution in [2.24, 2.45) is 0 Å². The number of benzene rings is 1. The van der Waals surface area contributed by atoms with E-state index in [4.69, 9.17) is 14.2 Å². The Hall–Kier alpha value is -2.50.